The molecule has 1 atom stereocenters. The van der Waals surface area contributed by atoms with Crippen molar-refractivity contribution >= 4 is 40.7 Å². The first kappa shape index (κ1) is 21.6. The number of thioether (sulfide) groups is 1. The summed E-state index contributed by atoms with van der Waals surface area (Å²) in [6, 6.07) is 20.3. The molecular formula is C23H20Cl2O3S. The Bertz CT molecular complexity index is 972. The number of ether oxygens (including phenoxy) is 2. The maximum Gasteiger partial charge on any atom is 0.164 e. The average molecular weight is 447 g/mol. The van der Waals surface area contributed by atoms with Gasteiger partial charge in [0.05, 0.1) is 14.2 Å². The van der Waals surface area contributed by atoms with Crippen LogP contribution in [0.15, 0.2) is 71.6 Å². The molecule has 0 saturated heterocycles. The van der Waals surface area contributed by atoms with Gasteiger partial charge in [0, 0.05) is 32.2 Å². The first-order chi connectivity index (χ1) is 14.0. The largest absolute Gasteiger partial charge is 0.493 e. The van der Waals surface area contributed by atoms with Crippen LogP contribution in [0, 0.1) is 0 Å². The molecule has 0 saturated carbocycles. The van der Waals surface area contributed by atoms with Gasteiger partial charge in [-0.1, -0.05) is 29.3 Å². The lowest BCUT2D eigenvalue weighted by atomic mass is 10.0. The fourth-order valence-corrected chi connectivity index (χ4v) is 4.27. The lowest BCUT2D eigenvalue weighted by Crippen LogP contribution is -2.06. The highest BCUT2D eigenvalue weighted by atomic mass is 35.5. The SMILES string of the molecule is COc1ccc(C(CC(=O)c2ccc(Cl)cc2)Sc2ccc(Cl)cc2)cc1OC. The Labute approximate surface area is 184 Å². The van der Waals surface area contributed by atoms with Crippen LogP contribution in [0.5, 0.6) is 11.5 Å². The van der Waals surface area contributed by atoms with E-state index in [1.54, 1.807) is 50.2 Å². The summed E-state index contributed by atoms with van der Waals surface area (Å²) in [7, 11) is 3.20. The van der Waals surface area contributed by atoms with Crippen molar-refractivity contribution in [2.75, 3.05) is 14.2 Å². The van der Waals surface area contributed by atoms with E-state index in [2.05, 4.69) is 0 Å². The molecule has 3 rings (SSSR count). The van der Waals surface area contributed by atoms with Crippen LogP contribution in [-0.2, 0) is 0 Å². The summed E-state index contributed by atoms with van der Waals surface area (Å²) in [5.74, 6) is 1.32. The predicted octanol–water partition coefficient (Wildman–Crippen LogP) is 7.12. The van der Waals surface area contributed by atoms with Gasteiger partial charge in [-0.25, -0.2) is 0 Å². The van der Waals surface area contributed by atoms with Crippen LogP contribution < -0.4 is 9.47 Å². The fourth-order valence-electron chi connectivity index (χ4n) is 2.88. The summed E-state index contributed by atoms with van der Waals surface area (Å²) in [5.41, 5.74) is 1.61. The molecule has 0 amide bonds. The number of ketones is 1. The summed E-state index contributed by atoms with van der Waals surface area (Å²) in [6.07, 6.45) is 0.324. The average Bonchev–Trinajstić information content (AvgIpc) is 2.74. The number of hydrogen-bond donors (Lipinski definition) is 0. The lowest BCUT2D eigenvalue weighted by molar-refractivity contribution is 0.0982. The van der Waals surface area contributed by atoms with Gasteiger partial charge in [-0.15, -0.1) is 11.8 Å². The van der Waals surface area contributed by atoms with Gasteiger partial charge in [0.25, 0.3) is 0 Å². The Morgan fingerprint density at radius 1 is 0.862 bits per heavy atom. The molecule has 29 heavy (non-hydrogen) atoms. The molecule has 0 fully saturated rings. The predicted molar refractivity (Wildman–Crippen MR) is 120 cm³/mol. The van der Waals surface area contributed by atoms with Gasteiger partial charge < -0.3 is 9.47 Å². The summed E-state index contributed by atoms with van der Waals surface area (Å²) in [6.45, 7) is 0. The van der Waals surface area contributed by atoms with E-state index in [4.69, 9.17) is 32.7 Å². The third kappa shape index (κ3) is 5.69. The first-order valence-corrected chi connectivity index (χ1v) is 10.6. The summed E-state index contributed by atoms with van der Waals surface area (Å²) >= 11 is 13.6. The molecule has 0 aliphatic rings. The van der Waals surface area contributed by atoms with Crippen molar-refractivity contribution in [1.29, 1.82) is 0 Å². The van der Waals surface area contributed by atoms with Crippen molar-refractivity contribution < 1.29 is 14.3 Å². The van der Waals surface area contributed by atoms with Crippen LogP contribution in [0.2, 0.25) is 10.0 Å². The van der Waals surface area contributed by atoms with Gasteiger partial charge in [-0.05, 0) is 66.2 Å². The third-order valence-electron chi connectivity index (χ3n) is 4.41. The molecule has 0 aliphatic carbocycles. The van der Waals surface area contributed by atoms with Crippen LogP contribution >= 0.6 is 35.0 Å². The number of hydrogen-bond acceptors (Lipinski definition) is 4. The highest BCUT2D eigenvalue weighted by Crippen LogP contribution is 2.41. The zero-order valence-electron chi connectivity index (χ0n) is 16.0. The molecule has 0 N–H and O–H groups in total. The van der Waals surface area contributed by atoms with Crippen LogP contribution in [0.4, 0.5) is 0 Å². The van der Waals surface area contributed by atoms with Gasteiger partial charge in [-0.2, -0.15) is 0 Å². The molecule has 1 unspecified atom stereocenters. The number of methoxy groups -OCH3 is 2. The van der Waals surface area contributed by atoms with E-state index in [9.17, 15) is 4.79 Å². The van der Waals surface area contributed by atoms with Gasteiger partial charge in [0.2, 0.25) is 0 Å². The minimum atomic E-state index is -0.112. The molecule has 6 heteroatoms. The van der Waals surface area contributed by atoms with E-state index in [1.165, 1.54) is 0 Å². The molecule has 3 nitrogen and oxygen atoms in total. The number of benzene rings is 3. The zero-order chi connectivity index (χ0) is 20.8. The van der Waals surface area contributed by atoms with Crippen molar-refractivity contribution in [2.45, 2.75) is 16.6 Å². The topological polar surface area (TPSA) is 35.5 Å². The third-order valence-corrected chi connectivity index (χ3v) is 6.18. The van der Waals surface area contributed by atoms with Crippen molar-refractivity contribution in [3.05, 3.63) is 87.9 Å². The summed E-state index contributed by atoms with van der Waals surface area (Å²) in [4.78, 5) is 14.0. The van der Waals surface area contributed by atoms with Gasteiger partial charge >= 0.3 is 0 Å². The first-order valence-electron chi connectivity index (χ1n) is 8.93. The minimum Gasteiger partial charge on any atom is -0.493 e. The molecule has 0 heterocycles. The van der Waals surface area contributed by atoms with E-state index in [0.29, 0.717) is 33.5 Å². The zero-order valence-corrected chi connectivity index (χ0v) is 18.4. The molecular weight excluding hydrogens is 427 g/mol. The number of halogens is 2. The molecule has 3 aromatic carbocycles. The molecule has 0 aliphatic heterocycles. The van der Waals surface area contributed by atoms with Crippen LogP contribution in [-0.4, -0.2) is 20.0 Å². The maximum absolute atomic E-state index is 12.9. The maximum atomic E-state index is 12.9. The van der Waals surface area contributed by atoms with E-state index in [-0.39, 0.29) is 11.0 Å². The molecule has 0 radical (unpaired) electrons. The van der Waals surface area contributed by atoms with Gasteiger partial charge in [0.1, 0.15) is 0 Å². The Kier molecular flexibility index (Phi) is 7.48. The van der Waals surface area contributed by atoms with Crippen molar-refractivity contribution in [3.8, 4) is 11.5 Å². The van der Waals surface area contributed by atoms with Gasteiger partial charge in [-0.3, -0.25) is 4.79 Å². The Hall–Kier alpha value is -2.14. The smallest absolute Gasteiger partial charge is 0.164 e. The van der Waals surface area contributed by atoms with Crippen molar-refractivity contribution in [3.63, 3.8) is 0 Å². The van der Waals surface area contributed by atoms with E-state index in [0.717, 1.165) is 10.5 Å². The molecule has 3 aromatic rings. The monoisotopic (exact) mass is 446 g/mol. The summed E-state index contributed by atoms with van der Waals surface area (Å²) in [5, 5.41) is 1.17. The standard InChI is InChI=1S/C23H20Cl2O3S/c1-27-21-12-5-16(13-22(21)28-2)23(29-19-10-8-18(25)9-11-19)14-20(26)15-3-6-17(24)7-4-15/h3-13,23H,14H2,1-2H3. The minimum absolute atomic E-state index is 0.0444. The van der Waals surface area contributed by atoms with Crippen molar-refractivity contribution in [2.24, 2.45) is 0 Å². The normalized spacial score (nSPS) is 11.7. The van der Waals surface area contributed by atoms with E-state index >= 15 is 0 Å². The quantitative estimate of drug-likeness (QED) is 0.272. The van der Waals surface area contributed by atoms with Crippen LogP contribution in [0.3, 0.4) is 0 Å². The number of carbonyl (C=O) groups excluding carboxylic acids is 1. The van der Waals surface area contributed by atoms with E-state index in [1.807, 2.05) is 42.5 Å². The Morgan fingerprint density at radius 3 is 2.03 bits per heavy atom. The van der Waals surface area contributed by atoms with Gasteiger partial charge in [0.15, 0.2) is 17.3 Å². The Balaban J connectivity index is 1.91. The highest BCUT2D eigenvalue weighted by Gasteiger charge is 2.20. The molecule has 0 bridgehead atoms. The molecule has 0 spiro atoms. The summed E-state index contributed by atoms with van der Waals surface area (Å²) < 4.78 is 10.8. The number of rotatable bonds is 8. The number of carbonyl (C=O) groups is 1. The fraction of sp³-hybridized carbons (Fsp3) is 0.174. The van der Waals surface area contributed by atoms with Crippen molar-refractivity contribution in [1.82, 2.24) is 0 Å². The van der Waals surface area contributed by atoms with Crippen LogP contribution in [0.1, 0.15) is 27.6 Å². The number of Topliss-reactive ketones (excluding diaryl/α,β-unsaturated/α-hetero) is 1. The molecule has 150 valence electrons. The second-order valence-electron chi connectivity index (χ2n) is 6.31. The van der Waals surface area contributed by atoms with E-state index < -0.39 is 0 Å². The highest BCUT2D eigenvalue weighted by molar-refractivity contribution is 7.99. The second kappa shape index (κ2) is 10.1. The Morgan fingerprint density at radius 2 is 1.45 bits per heavy atom. The lowest BCUT2D eigenvalue weighted by Gasteiger charge is -2.18. The molecule has 0 aromatic heterocycles. The van der Waals surface area contributed by atoms with Crippen LogP contribution in [0.25, 0.3) is 0 Å². The second-order valence-corrected chi connectivity index (χ2v) is 8.46.